The van der Waals surface area contributed by atoms with Crippen LogP contribution >= 0.6 is 0 Å². The van der Waals surface area contributed by atoms with Crippen LogP contribution < -0.4 is 9.88 Å². The number of benzene rings is 1. The number of hydrogen-bond acceptors (Lipinski definition) is 9. The van der Waals surface area contributed by atoms with Crippen LogP contribution in [-0.4, -0.2) is 26.1 Å². The van der Waals surface area contributed by atoms with Gasteiger partial charge in [-0.15, -0.1) is 0 Å². The van der Waals surface area contributed by atoms with E-state index in [9.17, 15) is 23.3 Å². The summed E-state index contributed by atoms with van der Waals surface area (Å²) in [6, 6.07) is 4.64. The van der Waals surface area contributed by atoms with E-state index in [0.717, 1.165) is 12.1 Å². The highest BCUT2D eigenvalue weighted by atomic mass is 32.2. The molecule has 2 heterocycles. The highest BCUT2D eigenvalue weighted by Crippen LogP contribution is 2.33. The van der Waals surface area contributed by atoms with E-state index >= 15 is 0 Å². The molecule has 0 amide bonds. The molecule has 138 valence electrons. The number of carbonyl (C=O) groups excluding carboxylic acids is 1. The summed E-state index contributed by atoms with van der Waals surface area (Å²) in [7, 11) is -4.09. The number of nitro benzene ring substituents is 1. The van der Waals surface area contributed by atoms with Gasteiger partial charge in [-0.1, -0.05) is 0 Å². The number of furan rings is 1. The Hall–Kier alpha value is -2.96. The molecule has 0 atom stereocenters. The Bertz CT molecular complexity index is 980. The minimum atomic E-state index is -4.09. The fraction of sp³-hybridized carbons (Fsp3) is 0.214. The first-order valence-electron chi connectivity index (χ1n) is 7.06. The maximum Gasteiger partial charge on any atom is 0.374 e. The summed E-state index contributed by atoms with van der Waals surface area (Å²) in [5.74, 6) is -1.01. The van der Waals surface area contributed by atoms with Gasteiger partial charge in [0.15, 0.2) is 6.79 Å². The average molecular weight is 384 g/mol. The van der Waals surface area contributed by atoms with E-state index in [1.165, 1.54) is 12.1 Å². The van der Waals surface area contributed by atoms with Crippen LogP contribution in [0.5, 0.6) is 5.75 Å². The Morgan fingerprint density at radius 1 is 1.35 bits per heavy atom. The molecule has 3 rings (SSSR count). The summed E-state index contributed by atoms with van der Waals surface area (Å²) in [6.45, 7) is -0.274. The Morgan fingerprint density at radius 3 is 2.77 bits per heavy atom. The molecule has 0 radical (unpaired) electrons. The fourth-order valence-corrected chi connectivity index (χ4v) is 2.75. The first kappa shape index (κ1) is 17.8. The van der Waals surface area contributed by atoms with E-state index in [-0.39, 0.29) is 37.0 Å². The summed E-state index contributed by atoms with van der Waals surface area (Å²) < 4.78 is 42.6. The summed E-state index contributed by atoms with van der Waals surface area (Å²) in [5.41, 5.74) is 0.508. The van der Waals surface area contributed by atoms with E-state index in [4.69, 9.17) is 23.8 Å². The number of rotatable bonds is 5. The molecule has 1 aliphatic rings. The van der Waals surface area contributed by atoms with Gasteiger partial charge in [0.25, 0.3) is 15.7 Å². The number of carbonyl (C=O) groups is 1. The molecule has 1 aromatic carbocycles. The molecule has 0 fully saturated rings. The summed E-state index contributed by atoms with van der Waals surface area (Å²) in [6.07, 6.45) is 0. The first-order chi connectivity index (χ1) is 12.3. The number of nitrogens with zero attached hydrogens (tertiary/aromatic N) is 1. The molecule has 0 bridgehead atoms. The second kappa shape index (κ2) is 6.74. The van der Waals surface area contributed by atoms with Crippen molar-refractivity contribution >= 4 is 21.7 Å². The van der Waals surface area contributed by atoms with Crippen molar-refractivity contribution in [3.8, 4) is 5.75 Å². The van der Waals surface area contributed by atoms with Crippen LogP contribution in [0.25, 0.3) is 0 Å². The molecule has 12 heteroatoms. The lowest BCUT2D eigenvalue weighted by Crippen LogP contribution is -2.15. The number of ether oxygens (including phenoxy) is 3. The lowest BCUT2D eigenvalue weighted by atomic mass is 10.1. The lowest BCUT2D eigenvalue weighted by molar-refractivity contribution is -0.385. The van der Waals surface area contributed by atoms with Crippen molar-refractivity contribution in [3.63, 3.8) is 0 Å². The van der Waals surface area contributed by atoms with Crippen LogP contribution in [0.2, 0.25) is 0 Å². The van der Waals surface area contributed by atoms with Crippen LogP contribution in [0.4, 0.5) is 5.69 Å². The van der Waals surface area contributed by atoms with E-state index in [1.807, 2.05) is 0 Å². The van der Waals surface area contributed by atoms with Crippen molar-refractivity contribution in [2.75, 3.05) is 6.79 Å². The Labute approximate surface area is 146 Å². The SMILES string of the molecule is NS(=O)(=O)c1ccc(C(=O)OCc2cc([N+](=O)[O-])cc3c2OCOC3)o1. The second-order valence-corrected chi connectivity index (χ2v) is 6.69. The second-order valence-electron chi connectivity index (χ2n) is 5.20. The van der Waals surface area contributed by atoms with Gasteiger partial charge in [0, 0.05) is 23.3 Å². The molecule has 2 aromatic rings. The largest absolute Gasteiger partial charge is 0.467 e. The lowest BCUT2D eigenvalue weighted by Gasteiger charge is -2.20. The molecule has 0 unspecified atom stereocenters. The number of sulfonamides is 1. The van der Waals surface area contributed by atoms with Crippen molar-refractivity contribution in [2.24, 2.45) is 5.14 Å². The molecule has 0 saturated carbocycles. The molecule has 2 N–H and O–H groups in total. The number of hydrogen-bond donors (Lipinski definition) is 1. The molecular weight excluding hydrogens is 372 g/mol. The van der Waals surface area contributed by atoms with Crippen molar-refractivity contribution in [3.05, 3.63) is 51.3 Å². The quantitative estimate of drug-likeness (QED) is 0.451. The van der Waals surface area contributed by atoms with Gasteiger partial charge in [-0.2, -0.15) is 0 Å². The third-order valence-corrected chi connectivity index (χ3v) is 4.18. The van der Waals surface area contributed by atoms with Gasteiger partial charge < -0.3 is 18.6 Å². The third kappa shape index (κ3) is 3.66. The number of primary sulfonamides is 1. The van der Waals surface area contributed by atoms with Gasteiger partial charge in [-0.05, 0) is 12.1 Å². The molecule has 11 nitrogen and oxygen atoms in total. The zero-order valence-electron chi connectivity index (χ0n) is 13.0. The van der Waals surface area contributed by atoms with Crippen LogP contribution in [0.15, 0.2) is 33.8 Å². The van der Waals surface area contributed by atoms with Gasteiger partial charge in [0.05, 0.1) is 11.5 Å². The van der Waals surface area contributed by atoms with E-state index in [0.29, 0.717) is 11.3 Å². The number of fused-ring (bicyclic) bond motifs is 1. The molecule has 0 aliphatic carbocycles. The maximum atomic E-state index is 12.0. The number of non-ortho nitro benzene ring substituents is 1. The topological polar surface area (TPSA) is 161 Å². The van der Waals surface area contributed by atoms with Crippen molar-refractivity contribution in [2.45, 2.75) is 18.3 Å². The normalized spacial score (nSPS) is 13.6. The number of esters is 1. The summed E-state index contributed by atoms with van der Waals surface area (Å²) in [4.78, 5) is 22.4. The van der Waals surface area contributed by atoms with Crippen LogP contribution in [0.1, 0.15) is 21.7 Å². The van der Waals surface area contributed by atoms with Gasteiger partial charge in [0.2, 0.25) is 10.9 Å². The highest BCUT2D eigenvalue weighted by Gasteiger charge is 2.23. The molecule has 1 aliphatic heterocycles. The maximum absolute atomic E-state index is 12.0. The predicted octanol–water partition coefficient (Wildman–Crippen LogP) is 1.06. The number of nitrogens with two attached hydrogens (primary N) is 1. The smallest absolute Gasteiger partial charge is 0.374 e. The van der Waals surface area contributed by atoms with E-state index < -0.39 is 26.0 Å². The molecule has 0 spiro atoms. The standard InChI is InChI=1S/C14H12N2O9S/c15-26(20,21)12-2-1-11(25-12)14(17)23-6-9-4-10(16(18)19)3-8-5-22-7-24-13(8)9/h1-4H,5-7H2,(H2,15,20,21). The van der Waals surface area contributed by atoms with Crippen LogP contribution in [0, 0.1) is 10.1 Å². The molecule has 0 saturated heterocycles. The zero-order chi connectivity index (χ0) is 18.9. The minimum Gasteiger partial charge on any atom is -0.467 e. The van der Waals surface area contributed by atoms with Crippen molar-refractivity contribution in [1.29, 1.82) is 0 Å². The molecule has 1 aromatic heterocycles. The minimum absolute atomic E-state index is 0.0400. The number of nitro groups is 1. The van der Waals surface area contributed by atoms with Crippen molar-refractivity contribution in [1.82, 2.24) is 0 Å². The average Bonchev–Trinajstić information content (AvgIpc) is 3.09. The van der Waals surface area contributed by atoms with Gasteiger partial charge in [-0.3, -0.25) is 10.1 Å². The zero-order valence-corrected chi connectivity index (χ0v) is 13.9. The summed E-state index contributed by atoms with van der Waals surface area (Å²) in [5, 5.41) is 15.3. The van der Waals surface area contributed by atoms with Gasteiger partial charge in [-0.25, -0.2) is 18.4 Å². The highest BCUT2D eigenvalue weighted by molar-refractivity contribution is 7.89. The Morgan fingerprint density at radius 2 is 2.12 bits per heavy atom. The van der Waals surface area contributed by atoms with Gasteiger partial charge >= 0.3 is 5.97 Å². The Balaban J connectivity index is 1.81. The van der Waals surface area contributed by atoms with E-state index in [1.54, 1.807) is 0 Å². The molecule has 26 heavy (non-hydrogen) atoms. The summed E-state index contributed by atoms with van der Waals surface area (Å²) >= 11 is 0. The Kier molecular flexibility index (Phi) is 4.63. The van der Waals surface area contributed by atoms with Crippen LogP contribution in [-0.2, 0) is 32.7 Å². The first-order valence-corrected chi connectivity index (χ1v) is 8.61. The fourth-order valence-electron chi connectivity index (χ4n) is 2.29. The van der Waals surface area contributed by atoms with Gasteiger partial charge in [0.1, 0.15) is 12.4 Å². The van der Waals surface area contributed by atoms with Crippen LogP contribution in [0.3, 0.4) is 0 Å². The van der Waals surface area contributed by atoms with Crippen molar-refractivity contribution < 1.29 is 36.8 Å². The predicted molar refractivity (Wildman–Crippen MR) is 82.6 cm³/mol. The third-order valence-electron chi connectivity index (χ3n) is 3.40. The molecular formula is C14H12N2O9S. The van der Waals surface area contributed by atoms with E-state index in [2.05, 4.69) is 0 Å². The monoisotopic (exact) mass is 384 g/mol.